The molecule has 3 aromatic carbocycles. The number of rotatable bonds is 7. The van der Waals surface area contributed by atoms with Crippen LogP contribution in [-0.2, 0) is 9.47 Å². The Morgan fingerprint density at radius 2 is 1.38 bits per heavy atom. The van der Waals surface area contributed by atoms with Crippen LogP contribution >= 0.6 is 0 Å². The van der Waals surface area contributed by atoms with Gasteiger partial charge in [-0.3, -0.25) is 0 Å². The van der Waals surface area contributed by atoms with E-state index < -0.39 is 35.5 Å². The van der Waals surface area contributed by atoms with Crippen LogP contribution in [0.1, 0.15) is 11.5 Å². The molecule has 0 unspecified atom stereocenters. The molecular weight excluding hydrogens is 447 g/mol. The monoisotopic (exact) mass is 468 g/mol. The molecule has 8 heteroatoms. The lowest BCUT2D eigenvalue weighted by Gasteiger charge is -2.29. The van der Waals surface area contributed by atoms with Gasteiger partial charge in [0.25, 0.3) is 0 Å². The second kappa shape index (κ2) is 10.4. The lowest BCUT2D eigenvalue weighted by molar-refractivity contribution is -0.176. The second-order valence-corrected chi connectivity index (χ2v) is 7.78. The summed E-state index contributed by atoms with van der Waals surface area (Å²) in [6.07, 6.45) is 1.06. The number of halogens is 4. The smallest absolute Gasteiger partial charge is 0.201 e. The van der Waals surface area contributed by atoms with Gasteiger partial charge in [-0.1, -0.05) is 49.1 Å². The summed E-state index contributed by atoms with van der Waals surface area (Å²) in [7, 11) is 5.48. The van der Waals surface area contributed by atoms with Gasteiger partial charge in [-0.15, -0.1) is 0 Å². The van der Waals surface area contributed by atoms with Crippen molar-refractivity contribution >= 4 is 7.85 Å². The van der Waals surface area contributed by atoms with Crippen molar-refractivity contribution in [2.75, 3.05) is 19.8 Å². The summed E-state index contributed by atoms with van der Waals surface area (Å²) in [6.45, 7) is 3.85. The molecule has 34 heavy (non-hydrogen) atoms. The molecule has 3 nitrogen and oxygen atoms in total. The fourth-order valence-corrected chi connectivity index (χ4v) is 3.81. The van der Waals surface area contributed by atoms with Gasteiger partial charge in [0.15, 0.2) is 23.2 Å². The van der Waals surface area contributed by atoms with Crippen molar-refractivity contribution in [2.24, 2.45) is 0 Å². The first-order chi connectivity index (χ1) is 16.4. The van der Waals surface area contributed by atoms with E-state index in [-0.39, 0.29) is 48.6 Å². The van der Waals surface area contributed by atoms with Crippen LogP contribution in [0.15, 0.2) is 61.2 Å². The van der Waals surface area contributed by atoms with Crippen molar-refractivity contribution < 1.29 is 31.8 Å². The van der Waals surface area contributed by atoms with E-state index in [9.17, 15) is 17.6 Å². The molecule has 0 bridgehead atoms. The molecule has 1 fully saturated rings. The van der Waals surface area contributed by atoms with Gasteiger partial charge in [0.2, 0.25) is 5.82 Å². The summed E-state index contributed by atoms with van der Waals surface area (Å²) in [5.41, 5.74) is 0.983. The zero-order valence-corrected chi connectivity index (χ0v) is 18.2. The van der Waals surface area contributed by atoms with Gasteiger partial charge in [0, 0.05) is 17.0 Å². The Labute approximate surface area is 196 Å². The SMILES string of the molecule is [B]CC1OCC(c2ccc(-c3ccc(-c4ccc(OCC=C)c(F)c4F)cc3)c(F)c2F)CO1. The van der Waals surface area contributed by atoms with E-state index in [2.05, 4.69) is 6.58 Å². The van der Waals surface area contributed by atoms with E-state index in [0.29, 0.717) is 11.1 Å². The summed E-state index contributed by atoms with van der Waals surface area (Å²) < 4.78 is 74.5. The van der Waals surface area contributed by atoms with Crippen molar-refractivity contribution in [3.05, 3.63) is 90.0 Å². The predicted octanol–water partition coefficient (Wildman–Crippen LogP) is 6.19. The molecule has 3 aromatic rings. The number of hydrogen-bond donors (Lipinski definition) is 0. The Bertz CT molecular complexity index is 1180. The third-order valence-electron chi connectivity index (χ3n) is 5.62. The minimum atomic E-state index is -1.11. The van der Waals surface area contributed by atoms with Crippen LogP contribution in [0.25, 0.3) is 22.3 Å². The molecule has 0 aromatic heterocycles. The van der Waals surface area contributed by atoms with Crippen molar-refractivity contribution in [3.63, 3.8) is 0 Å². The maximum atomic E-state index is 14.9. The summed E-state index contributed by atoms with van der Waals surface area (Å²) in [6, 6.07) is 11.8. The summed E-state index contributed by atoms with van der Waals surface area (Å²) >= 11 is 0. The van der Waals surface area contributed by atoms with Crippen LogP contribution in [0, 0.1) is 23.3 Å². The van der Waals surface area contributed by atoms with Crippen LogP contribution in [0.4, 0.5) is 17.6 Å². The van der Waals surface area contributed by atoms with E-state index in [4.69, 9.17) is 22.1 Å². The molecule has 0 amide bonds. The van der Waals surface area contributed by atoms with E-state index in [1.807, 2.05) is 0 Å². The second-order valence-electron chi connectivity index (χ2n) is 7.78. The van der Waals surface area contributed by atoms with Crippen LogP contribution in [0.3, 0.4) is 0 Å². The summed E-state index contributed by atoms with van der Waals surface area (Å²) in [4.78, 5) is 0. The molecule has 1 saturated heterocycles. The topological polar surface area (TPSA) is 27.7 Å². The quantitative estimate of drug-likeness (QED) is 0.235. The van der Waals surface area contributed by atoms with Crippen LogP contribution in [-0.4, -0.2) is 34.0 Å². The Balaban J connectivity index is 1.57. The molecule has 0 N–H and O–H groups in total. The maximum absolute atomic E-state index is 14.9. The van der Waals surface area contributed by atoms with E-state index >= 15 is 0 Å². The summed E-state index contributed by atoms with van der Waals surface area (Å²) in [5.74, 6) is -4.83. The van der Waals surface area contributed by atoms with Gasteiger partial charge in [0.1, 0.15) is 12.9 Å². The van der Waals surface area contributed by atoms with Crippen molar-refractivity contribution in [2.45, 2.75) is 18.5 Å². The zero-order chi connectivity index (χ0) is 24.2. The third-order valence-corrected chi connectivity index (χ3v) is 5.62. The highest BCUT2D eigenvalue weighted by Gasteiger charge is 2.27. The fourth-order valence-electron chi connectivity index (χ4n) is 3.81. The predicted molar refractivity (Wildman–Crippen MR) is 122 cm³/mol. The van der Waals surface area contributed by atoms with Gasteiger partial charge >= 0.3 is 0 Å². The van der Waals surface area contributed by atoms with Gasteiger partial charge < -0.3 is 14.2 Å². The lowest BCUT2D eigenvalue weighted by Crippen LogP contribution is -2.31. The first-order valence-corrected chi connectivity index (χ1v) is 10.7. The standard InChI is InChI=1S/C26H21BF4O3/c1-2-11-32-21-10-9-19(25(30)26(21)31)16-5-3-15(4-6-16)18-7-8-20(24(29)23(18)28)17-13-33-22(12-27)34-14-17/h2-10,17,22H,1,11-14H2. The minimum absolute atomic E-state index is 0.0186. The average molecular weight is 468 g/mol. The molecule has 1 aliphatic heterocycles. The van der Waals surface area contributed by atoms with Crippen molar-refractivity contribution in [1.82, 2.24) is 0 Å². The Morgan fingerprint density at radius 1 is 0.824 bits per heavy atom. The highest BCUT2D eigenvalue weighted by molar-refractivity contribution is 6.08. The fraction of sp³-hybridized carbons (Fsp3) is 0.231. The van der Waals surface area contributed by atoms with E-state index in [1.54, 1.807) is 0 Å². The Morgan fingerprint density at radius 3 is 1.94 bits per heavy atom. The number of ether oxygens (including phenoxy) is 3. The van der Waals surface area contributed by atoms with Crippen molar-refractivity contribution in [3.8, 4) is 28.0 Å². The minimum Gasteiger partial charge on any atom is -0.486 e. The normalized spacial score (nSPS) is 18.0. The number of hydrogen-bond acceptors (Lipinski definition) is 3. The highest BCUT2D eigenvalue weighted by Crippen LogP contribution is 2.34. The van der Waals surface area contributed by atoms with E-state index in [1.165, 1.54) is 54.6 Å². The average Bonchev–Trinajstić information content (AvgIpc) is 2.87. The first-order valence-electron chi connectivity index (χ1n) is 10.7. The molecule has 174 valence electrons. The number of benzene rings is 3. The molecule has 4 rings (SSSR count). The highest BCUT2D eigenvalue weighted by atomic mass is 19.2. The van der Waals surface area contributed by atoms with Crippen LogP contribution in [0.5, 0.6) is 5.75 Å². The Kier molecular flexibility index (Phi) is 7.39. The molecule has 1 heterocycles. The molecule has 1 aliphatic rings. The maximum Gasteiger partial charge on any atom is 0.201 e. The third kappa shape index (κ3) is 4.74. The van der Waals surface area contributed by atoms with Gasteiger partial charge in [0.05, 0.1) is 21.1 Å². The molecular formula is C26H21BF4O3. The van der Waals surface area contributed by atoms with E-state index in [0.717, 1.165) is 0 Å². The molecule has 0 aliphatic carbocycles. The first kappa shape index (κ1) is 24.0. The molecule has 0 spiro atoms. The van der Waals surface area contributed by atoms with Gasteiger partial charge in [-0.2, -0.15) is 4.39 Å². The zero-order valence-electron chi connectivity index (χ0n) is 18.2. The van der Waals surface area contributed by atoms with Gasteiger partial charge in [-0.25, -0.2) is 13.2 Å². The molecule has 0 saturated carbocycles. The van der Waals surface area contributed by atoms with Crippen LogP contribution < -0.4 is 4.74 Å². The summed E-state index contributed by atoms with van der Waals surface area (Å²) in [5, 5.41) is 0. The Hall–Kier alpha value is -3.10. The lowest BCUT2D eigenvalue weighted by atomic mass is 9.94. The molecule has 0 atom stereocenters. The molecule has 2 radical (unpaired) electrons. The van der Waals surface area contributed by atoms with Crippen molar-refractivity contribution in [1.29, 1.82) is 0 Å². The van der Waals surface area contributed by atoms with Crippen LogP contribution in [0.2, 0.25) is 6.32 Å². The largest absolute Gasteiger partial charge is 0.486 e. The van der Waals surface area contributed by atoms with Gasteiger partial charge in [-0.05, 0) is 35.1 Å².